The summed E-state index contributed by atoms with van der Waals surface area (Å²) in [7, 11) is -10.0. The van der Waals surface area contributed by atoms with Gasteiger partial charge in [0.2, 0.25) is 0 Å². The summed E-state index contributed by atoms with van der Waals surface area (Å²) in [5.41, 5.74) is 0. The molecule has 0 radical (unpaired) electrons. The van der Waals surface area contributed by atoms with Gasteiger partial charge in [0.25, 0.3) is 0 Å². The van der Waals surface area contributed by atoms with Gasteiger partial charge < -0.3 is 33.8 Å². The number of aliphatic hydroxyl groups excluding tert-OH is 1. The Kier molecular flexibility index (Phi) is 75.0. The van der Waals surface area contributed by atoms with Gasteiger partial charge in [0.1, 0.15) is 19.3 Å². The molecule has 0 aliphatic carbocycles. The van der Waals surface area contributed by atoms with Crippen LogP contribution in [0.1, 0.15) is 297 Å². The van der Waals surface area contributed by atoms with Crippen LogP contribution < -0.4 is 0 Å². The van der Waals surface area contributed by atoms with Gasteiger partial charge in [-0.2, -0.15) is 0 Å². The minimum atomic E-state index is -5.01. The van der Waals surface area contributed by atoms with Crippen LogP contribution in [0.4, 0.5) is 0 Å². The van der Waals surface area contributed by atoms with Crippen molar-refractivity contribution in [3.05, 3.63) is 182 Å². The van der Waals surface area contributed by atoms with Crippen LogP contribution in [-0.2, 0) is 65.4 Å². The van der Waals surface area contributed by atoms with Gasteiger partial charge in [-0.1, -0.05) is 281 Å². The molecule has 19 heteroatoms. The minimum absolute atomic E-state index is 0.0257. The van der Waals surface area contributed by atoms with Crippen molar-refractivity contribution in [3.8, 4) is 0 Å². The lowest BCUT2D eigenvalue weighted by Gasteiger charge is -2.21. The predicted octanol–water partition coefficient (Wildman–Crippen LogP) is 24.3. The maximum atomic E-state index is 13.1. The van der Waals surface area contributed by atoms with Crippen LogP contribution in [0, 0.1) is 0 Å². The molecule has 17 nitrogen and oxygen atoms in total. The minimum Gasteiger partial charge on any atom is -0.462 e. The van der Waals surface area contributed by atoms with Crippen LogP contribution in [0.15, 0.2) is 182 Å². The second-order valence-corrected chi connectivity index (χ2v) is 29.5. The van der Waals surface area contributed by atoms with E-state index in [1.165, 1.54) is 38.5 Å². The normalized spacial score (nSPS) is 14.8. The average Bonchev–Trinajstić information content (AvgIpc) is 0.923. The van der Waals surface area contributed by atoms with Crippen molar-refractivity contribution in [2.45, 2.75) is 316 Å². The second kappa shape index (κ2) is 79.3. The molecule has 0 aromatic heterocycles. The summed E-state index contributed by atoms with van der Waals surface area (Å²) in [6.07, 6.45) is 96.0. The molecule has 0 saturated heterocycles. The van der Waals surface area contributed by atoms with E-state index < -0.39 is 97.5 Å². The quantitative estimate of drug-likeness (QED) is 0.0169. The highest BCUT2D eigenvalue weighted by Gasteiger charge is 2.30. The number of unbranched alkanes of at least 4 members (excludes halogenated alkanes) is 19. The Bertz CT molecular complexity index is 2760. The van der Waals surface area contributed by atoms with Gasteiger partial charge in [0, 0.05) is 25.7 Å². The van der Waals surface area contributed by atoms with Crippen molar-refractivity contribution in [3.63, 3.8) is 0 Å². The first-order valence-electron chi connectivity index (χ1n) is 41.0. The SMILES string of the molecule is CC/C=C\C/C=C\C/C=C\C/C=C\C/C=C\C/C=C\CCC(=O)OCC(COP(=O)(O)OCC(O)COP(=O)(O)OCC(COC(=O)CCCCCCCC/C=C\C/C=C\C/C=C\CCCCC)OC(=O)CCCC/C=C\C/C=C\C/C=C\C/C=C\CC)OC(=O)CCCCCCC/C=C\C/C=C\CCCCC. The summed E-state index contributed by atoms with van der Waals surface area (Å²) in [5, 5.41) is 10.7. The Balaban J connectivity index is 5.50. The van der Waals surface area contributed by atoms with E-state index in [1.54, 1.807) is 0 Å². The average molecular weight is 1550 g/mol. The Morgan fingerprint density at radius 3 is 0.815 bits per heavy atom. The van der Waals surface area contributed by atoms with E-state index in [0.717, 1.165) is 167 Å². The molecule has 108 heavy (non-hydrogen) atoms. The third-order valence-corrected chi connectivity index (χ3v) is 18.2. The molecule has 5 unspecified atom stereocenters. The Labute approximate surface area is 654 Å². The highest BCUT2D eigenvalue weighted by molar-refractivity contribution is 7.47. The summed E-state index contributed by atoms with van der Waals surface area (Å²) in [6.45, 7) is 4.42. The summed E-state index contributed by atoms with van der Waals surface area (Å²) < 4.78 is 68.5. The maximum Gasteiger partial charge on any atom is 0.472 e. The van der Waals surface area contributed by atoms with Crippen molar-refractivity contribution in [2.75, 3.05) is 39.6 Å². The number of ether oxygens (including phenoxy) is 4. The first kappa shape index (κ1) is 102. The van der Waals surface area contributed by atoms with Gasteiger partial charge in [-0.3, -0.25) is 37.3 Å². The highest BCUT2D eigenvalue weighted by atomic mass is 31.2. The molecule has 0 saturated carbocycles. The molecule has 0 heterocycles. The van der Waals surface area contributed by atoms with Crippen LogP contribution in [0.25, 0.3) is 0 Å². The number of carbonyl (C=O) groups is 4. The third-order valence-electron chi connectivity index (χ3n) is 16.3. The number of phosphoric acid groups is 2. The molecule has 3 N–H and O–H groups in total. The van der Waals surface area contributed by atoms with Crippen molar-refractivity contribution in [1.29, 1.82) is 0 Å². The summed E-state index contributed by atoms with van der Waals surface area (Å²) in [5.74, 6) is -2.36. The van der Waals surface area contributed by atoms with Crippen molar-refractivity contribution in [1.82, 2.24) is 0 Å². The molecule has 0 fully saturated rings. The van der Waals surface area contributed by atoms with Crippen LogP contribution in [0.5, 0.6) is 0 Å². The number of carbonyl (C=O) groups excluding carboxylic acids is 4. The first-order valence-corrected chi connectivity index (χ1v) is 44.0. The number of hydrogen-bond acceptors (Lipinski definition) is 15. The van der Waals surface area contributed by atoms with E-state index in [9.17, 15) is 43.2 Å². The number of hydrogen-bond donors (Lipinski definition) is 3. The molecular weight excluding hydrogens is 1400 g/mol. The second-order valence-electron chi connectivity index (χ2n) is 26.6. The summed E-state index contributed by atoms with van der Waals surface area (Å²) >= 11 is 0. The van der Waals surface area contributed by atoms with Crippen molar-refractivity contribution >= 4 is 39.5 Å². The standard InChI is InChI=1S/C89H144O17P2/c1-5-9-13-17-21-25-29-33-37-39-41-43-47-49-53-57-61-65-69-73-86(91)99-79-84(105-88(93)75-71-67-63-59-55-51-45-35-31-27-23-19-15-11-7-3)81-103-107(95,96)101-77-83(90)78-102-108(97,98)104-82-85(106-89(94)76-72-68-64-60-56-52-46-36-32-28-24-20-16-12-8-4)80-100-87(92)74-70-66-62-58-54-50-48-44-42-40-38-34-30-26-22-18-14-10-6-2/h9,12-13,16,21-28,33-38,41-46,49,53,56,60-61,65,83-85,90H,5-8,10-11,14-15,17-20,29-32,39-40,47-48,50-52,54-55,57-59,62-64,66-82H2,1-4H3,(H,95,96)(H,97,98)/b13-9-,16-12-,25-21-,26-22-,27-23-,28-24-,37-33-,38-34-,43-41-,44-42-,45-35-,46-36-,53-49-,60-56-,65-61-. The first-order chi connectivity index (χ1) is 52.7. The lowest BCUT2D eigenvalue weighted by molar-refractivity contribution is -0.161. The fraction of sp³-hybridized carbons (Fsp3) is 0.618. The third kappa shape index (κ3) is 78.3. The van der Waals surface area contributed by atoms with E-state index >= 15 is 0 Å². The van der Waals surface area contributed by atoms with Crippen molar-refractivity contribution < 1.29 is 80.2 Å². The number of esters is 4. The van der Waals surface area contributed by atoms with E-state index in [4.69, 9.17) is 37.0 Å². The molecule has 0 aliphatic heterocycles. The van der Waals surface area contributed by atoms with E-state index in [-0.39, 0.29) is 25.7 Å². The summed E-state index contributed by atoms with van der Waals surface area (Å²) in [4.78, 5) is 73.1. The number of allylic oxidation sites excluding steroid dienone is 30. The molecule has 0 aliphatic rings. The zero-order valence-corrected chi connectivity index (χ0v) is 68.7. The lowest BCUT2D eigenvalue weighted by atomic mass is 10.1. The van der Waals surface area contributed by atoms with Crippen LogP contribution in [0.3, 0.4) is 0 Å². The highest BCUT2D eigenvalue weighted by Crippen LogP contribution is 2.45. The van der Waals surface area contributed by atoms with Gasteiger partial charge >= 0.3 is 39.5 Å². The zero-order chi connectivity index (χ0) is 78.9. The Morgan fingerprint density at radius 1 is 0.269 bits per heavy atom. The Hall–Kier alpha value is -5.84. The molecular formula is C89H144O17P2. The molecule has 0 bridgehead atoms. The fourth-order valence-electron chi connectivity index (χ4n) is 10.2. The molecule has 612 valence electrons. The summed E-state index contributed by atoms with van der Waals surface area (Å²) in [6, 6.07) is 0. The van der Waals surface area contributed by atoms with Crippen molar-refractivity contribution in [2.24, 2.45) is 0 Å². The lowest BCUT2D eigenvalue weighted by Crippen LogP contribution is -2.30. The van der Waals surface area contributed by atoms with Crippen LogP contribution in [-0.4, -0.2) is 96.7 Å². The molecule has 0 rings (SSSR count). The number of phosphoric ester groups is 2. The van der Waals surface area contributed by atoms with Gasteiger partial charge in [0.05, 0.1) is 26.4 Å². The van der Waals surface area contributed by atoms with Gasteiger partial charge in [-0.25, -0.2) is 9.13 Å². The zero-order valence-electron chi connectivity index (χ0n) is 66.9. The van der Waals surface area contributed by atoms with Crippen LogP contribution in [0.2, 0.25) is 0 Å². The number of rotatable bonds is 75. The monoisotopic (exact) mass is 1550 g/mol. The predicted molar refractivity (Wildman–Crippen MR) is 445 cm³/mol. The van der Waals surface area contributed by atoms with E-state index in [0.29, 0.717) is 38.5 Å². The molecule has 0 aromatic rings. The largest absolute Gasteiger partial charge is 0.472 e. The smallest absolute Gasteiger partial charge is 0.462 e. The van der Waals surface area contributed by atoms with Gasteiger partial charge in [-0.05, 0) is 173 Å². The number of aliphatic hydroxyl groups is 1. The van der Waals surface area contributed by atoms with Gasteiger partial charge in [0.15, 0.2) is 12.2 Å². The topological polar surface area (TPSA) is 237 Å². The molecule has 0 aromatic carbocycles. The van der Waals surface area contributed by atoms with E-state index in [1.807, 2.05) is 18.2 Å². The van der Waals surface area contributed by atoms with E-state index in [2.05, 4.69) is 192 Å². The fourth-order valence-corrected chi connectivity index (χ4v) is 11.7. The molecule has 0 amide bonds. The molecule has 5 atom stereocenters. The van der Waals surface area contributed by atoms with Gasteiger partial charge in [-0.15, -0.1) is 0 Å². The Morgan fingerprint density at radius 2 is 0.500 bits per heavy atom. The van der Waals surface area contributed by atoms with Crippen LogP contribution >= 0.6 is 15.6 Å². The molecule has 0 spiro atoms. The maximum absolute atomic E-state index is 13.1.